The molecular formula is C20H30N6O. The highest BCUT2D eigenvalue weighted by molar-refractivity contribution is 5.72. The van der Waals surface area contributed by atoms with Crippen molar-refractivity contribution >= 4 is 17.9 Å². The van der Waals surface area contributed by atoms with Crippen LogP contribution >= 0.6 is 0 Å². The van der Waals surface area contributed by atoms with Crippen molar-refractivity contribution in [3.05, 3.63) is 47.3 Å². The van der Waals surface area contributed by atoms with Crippen LogP contribution in [0.3, 0.4) is 0 Å². The maximum absolute atomic E-state index is 10.4. The van der Waals surface area contributed by atoms with Crippen molar-refractivity contribution in [2.45, 2.75) is 26.3 Å². The summed E-state index contributed by atoms with van der Waals surface area (Å²) in [5.74, 6) is 0.451. The Balaban J connectivity index is 0.000000194. The molecule has 0 atom stereocenters. The van der Waals surface area contributed by atoms with Gasteiger partial charge in [0, 0.05) is 38.1 Å². The molecule has 0 spiro atoms. The third kappa shape index (κ3) is 7.32. The Morgan fingerprint density at radius 1 is 1.19 bits per heavy atom. The van der Waals surface area contributed by atoms with E-state index in [1.807, 2.05) is 14.0 Å². The van der Waals surface area contributed by atoms with Crippen LogP contribution in [0.1, 0.15) is 34.6 Å². The van der Waals surface area contributed by atoms with Gasteiger partial charge in [0.15, 0.2) is 6.29 Å². The number of carbonyl (C=O) groups excluding carboxylic acids is 1. The lowest BCUT2D eigenvalue weighted by Crippen LogP contribution is -2.18. The molecule has 7 nitrogen and oxygen atoms in total. The molecule has 1 fully saturated rings. The van der Waals surface area contributed by atoms with Crippen LogP contribution in [-0.4, -0.2) is 54.4 Å². The minimum atomic E-state index is 0.382. The number of nitrogens with zero attached hydrogens (tertiary/aromatic N) is 3. The van der Waals surface area contributed by atoms with E-state index in [0.29, 0.717) is 31.0 Å². The molecule has 0 amide bonds. The fraction of sp³-hybridized carbons (Fsp3) is 0.450. The number of aryl methyl sites for hydroxylation is 1. The molecule has 0 aliphatic carbocycles. The van der Waals surface area contributed by atoms with Crippen LogP contribution in [0.5, 0.6) is 0 Å². The van der Waals surface area contributed by atoms with Crippen molar-refractivity contribution in [3.63, 3.8) is 0 Å². The molecule has 2 heterocycles. The molecule has 0 saturated carbocycles. The first-order valence-corrected chi connectivity index (χ1v) is 9.38. The van der Waals surface area contributed by atoms with Crippen molar-refractivity contribution in [1.82, 2.24) is 14.9 Å². The molecule has 1 aliphatic rings. The Morgan fingerprint density at radius 3 is 2.48 bits per heavy atom. The SMILES string of the molecule is CNc1ccc(CN2CCCC2)cc1.Cc1cc(C=O)nc(NCCN)n1. The minimum Gasteiger partial charge on any atom is -0.388 e. The smallest absolute Gasteiger partial charge is 0.223 e. The molecule has 1 saturated heterocycles. The van der Waals surface area contributed by atoms with Crippen LogP contribution in [-0.2, 0) is 6.54 Å². The lowest BCUT2D eigenvalue weighted by molar-refractivity contribution is 0.111. The van der Waals surface area contributed by atoms with Gasteiger partial charge in [-0.3, -0.25) is 9.69 Å². The highest BCUT2D eigenvalue weighted by Crippen LogP contribution is 2.14. The third-order valence-corrected chi connectivity index (χ3v) is 4.27. The quantitative estimate of drug-likeness (QED) is 0.644. The first-order chi connectivity index (χ1) is 13.1. The van der Waals surface area contributed by atoms with E-state index >= 15 is 0 Å². The highest BCUT2D eigenvalue weighted by atomic mass is 16.1. The van der Waals surface area contributed by atoms with Crippen LogP contribution in [0.4, 0.5) is 11.6 Å². The Kier molecular flexibility index (Phi) is 8.67. The number of nitrogens with two attached hydrogens (primary N) is 1. The van der Waals surface area contributed by atoms with Gasteiger partial charge in [-0.1, -0.05) is 12.1 Å². The molecule has 2 aromatic rings. The molecule has 1 aromatic carbocycles. The zero-order valence-electron chi connectivity index (χ0n) is 16.2. The van der Waals surface area contributed by atoms with E-state index in [1.165, 1.54) is 37.2 Å². The molecule has 1 aliphatic heterocycles. The van der Waals surface area contributed by atoms with Gasteiger partial charge in [-0.25, -0.2) is 9.97 Å². The van der Waals surface area contributed by atoms with Gasteiger partial charge < -0.3 is 16.4 Å². The molecule has 4 N–H and O–H groups in total. The summed E-state index contributed by atoms with van der Waals surface area (Å²) in [5, 5.41) is 6.04. The minimum absolute atomic E-state index is 0.382. The third-order valence-electron chi connectivity index (χ3n) is 4.27. The molecule has 3 rings (SSSR count). The van der Waals surface area contributed by atoms with Gasteiger partial charge in [0.25, 0.3) is 0 Å². The zero-order valence-corrected chi connectivity index (χ0v) is 16.2. The molecule has 1 aromatic heterocycles. The second-order valence-electron chi connectivity index (χ2n) is 6.52. The predicted molar refractivity (Wildman–Crippen MR) is 110 cm³/mol. The van der Waals surface area contributed by atoms with Gasteiger partial charge in [-0.05, 0) is 56.6 Å². The number of anilines is 2. The summed E-state index contributed by atoms with van der Waals surface area (Å²) in [6, 6.07) is 10.3. The number of aldehydes is 1. The van der Waals surface area contributed by atoms with Crippen LogP contribution in [0.15, 0.2) is 30.3 Å². The summed E-state index contributed by atoms with van der Waals surface area (Å²) < 4.78 is 0. The lowest BCUT2D eigenvalue weighted by atomic mass is 10.2. The van der Waals surface area contributed by atoms with Gasteiger partial charge in [0.05, 0.1) is 0 Å². The largest absolute Gasteiger partial charge is 0.388 e. The Bertz CT molecular complexity index is 698. The second-order valence-corrected chi connectivity index (χ2v) is 6.52. The maximum Gasteiger partial charge on any atom is 0.223 e. The van der Waals surface area contributed by atoms with E-state index in [9.17, 15) is 4.79 Å². The summed E-state index contributed by atoms with van der Waals surface area (Å²) in [5.41, 5.74) is 9.05. The van der Waals surface area contributed by atoms with Crippen molar-refractivity contribution in [2.24, 2.45) is 5.73 Å². The Hall–Kier alpha value is -2.51. The molecule has 7 heteroatoms. The van der Waals surface area contributed by atoms with Gasteiger partial charge in [0.2, 0.25) is 5.95 Å². The van der Waals surface area contributed by atoms with Crippen molar-refractivity contribution < 1.29 is 4.79 Å². The normalized spacial score (nSPS) is 13.6. The second kappa shape index (κ2) is 11.3. The topological polar surface area (TPSA) is 96.2 Å². The predicted octanol–water partition coefficient (Wildman–Crippen LogP) is 2.29. The summed E-state index contributed by atoms with van der Waals surface area (Å²) in [7, 11) is 1.95. The monoisotopic (exact) mass is 370 g/mol. The first kappa shape index (κ1) is 20.8. The van der Waals surface area contributed by atoms with Crippen LogP contribution in [0.25, 0.3) is 0 Å². The molecule has 27 heavy (non-hydrogen) atoms. The van der Waals surface area contributed by atoms with Crippen LogP contribution < -0.4 is 16.4 Å². The van der Waals surface area contributed by atoms with Crippen LogP contribution in [0, 0.1) is 6.92 Å². The fourth-order valence-electron chi connectivity index (χ4n) is 2.89. The summed E-state index contributed by atoms with van der Waals surface area (Å²) in [6.07, 6.45) is 3.44. The standard InChI is InChI=1S/C12H18N2.C8H12N4O/c1-13-12-6-4-11(5-7-12)10-14-8-2-3-9-14;1-6-4-7(5-13)12-8(11-6)10-3-2-9/h4-7,13H,2-3,8-10H2,1H3;4-5H,2-3,9H2,1H3,(H,10,11,12). The molecular weight excluding hydrogens is 340 g/mol. The van der Waals surface area contributed by atoms with E-state index in [-0.39, 0.29) is 0 Å². The van der Waals surface area contributed by atoms with Crippen LogP contribution in [0.2, 0.25) is 0 Å². The number of carbonyl (C=O) groups is 1. The number of hydrogen-bond acceptors (Lipinski definition) is 7. The number of hydrogen-bond donors (Lipinski definition) is 3. The van der Waals surface area contributed by atoms with Crippen molar-refractivity contribution in [3.8, 4) is 0 Å². The lowest BCUT2D eigenvalue weighted by Gasteiger charge is -2.14. The van der Waals surface area contributed by atoms with E-state index in [4.69, 9.17) is 5.73 Å². The molecule has 0 unspecified atom stereocenters. The zero-order chi connectivity index (χ0) is 19.5. The number of rotatable bonds is 7. The maximum atomic E-state index is 10.4. The summed E-state index contributed by atoms with van der Waals surface area (Å²) in [6.45, 7) is 6.57. The van der Waals surface area contributed by atoms with Gasteiger partial charge in [0.1, 0.15) is 5.69 Å². The van der Waals surface area contributed by atoms with E-state index in [0.717, 1.165) is 12.2 Å². The summed E-state index contributed by atoms with van der Waals surface area (Å²) >= 11 is 0. The molecule has 146 valence electrons. The van der Waals surface area contributed by atoms with E-state index in [2.05, 4.69) is 49.8 Å². The van der Waals surface area contributed by atoms with Crippen molar-refractivity contribution in [2.75, 3.05) is 43.9 Å². The first-order valence-electron chi connectivity index (χ1n) is 9.38. The van der Waals surface area contributed by atoms with Crippen molar-refractivity contribution in [1.29, 1.82) is 0 Å². The highest BCUT2D eigenvalue weighted by Gasteiger charge is 2.11. The number of nitrogens with one attached hydrogen (secondary N) is 2. The van der Waals surface area contributed by atoms with Gasteiger partial charge in [-0.15, -0.1) is 0 Å². The number of likely N-dealkylation sites (tertiary alicyclic amines) is 1. The Morgan fingerprint density at radius 2 is 1.89 bits per heavy atom. The summed E-state index contributed by atoms with van der Waals surface area (Å²) in [4.78, 5) is 21.0. The molecule has 0 bridgehead atoms. The van der Waals surface area contributed by atoms with Gasteiger partial charge >= 0.3 is 0 Å². The van der Waals surface area contributed by atoms with E-state index < -0.39 is 0 Å². The Labute approximate surface area is 161 Å². The average Bonchev–Trinajstić information content (AvgIpc) is 3.20. The fourth-order valence-corrected chi connectivity index (χ4v) is 2.89. The van der Waals surface area contributed by atoms with E-state index in [1.54, 1.807) is 6.07 Å². The number of aromatic nitrogens is 2. The van der Waals surface area contributed by atoms with Gasteiger partial charge in [-0.2, -0.15) is 0 Å². The molecule has 0 radical (unpaired) electrons. The average molecular weight is 371 g/mol. The number of benzene rings is 1.